The minimum absolute atomic E-state index is 0.0215. The highest BCUT2D eigenvalue weighted by atomic mass is 19.1. The van der Waals surface area contributed by atoms with E-state index in [1.165, 1.54) is 0 Å². The number of nitrogens with one attached hydrogen (secondary N) is 2. The Hall–Kier alpha value is -2.50. The zero-order valence-electron chi connectivity index (χ0n) is 12.9. The van der Waals surface area contributed by atoms with Crippen LogP contribution in [0.2, 0.25) is 0 Å². The van der Waals surface area contributed by atoms with Crippen LogP contribution in [0.25, 0.3) is 5.57 Å². The molecule has 1 aliphatic rings. The summed E-state index contributed by atoms with van der Waals surface area (Å²) >= 11 is 0. The van der Waals surface area contributed by atoms with Gasteiger partial charge >= 0.3 is 0 Å². The fraction of sp³-hybridized carbons (Fsp3) is 0.312. The van der Waals surface area contributed by atoms with Gasteiger partial charge in [0, 0.05) is 36.0 Å². The Morgan fingerprint density at radius 2 is 2.18 bits per heavy atom. The van der Waals surface area contributed by atoms with Crippen molar-refractivity contribution in [2.45, 2.75) is 20.3 Å². The summed E-state index contributed by atoms with van der Waals surface area (Å²) in [5, 5.41) is 11.4. The zero-order valence-corrected chi connectivity index (χ0v) is 12.9. The lowest BCUT2D eigenvalue weighted by Crippen LogP contribution is -2.17. The Morgan fingerprint density at radius 1 is 1.45 bits per heavy atom. The molecule has 1 aromatic rings. The normalized spacial score (nSPS) is 17.3. The van der Waals surface area contributed by atoms with Crippen LogP contribution in [0.5, 0.6) is 0 Å². The van der Waals surface area contributed by atoms with E-state index >= 15 is 0 Å². The number of hydrogen-bond donors (Lipinski definition) is 3. The van der Waals surface area contributed by atoms with Crippen molar-refractivity contribution in [3.63, 3.8) is 0 Å². The smallest absolute Gasteiger partial charge is 0.220 e. The van der Waals surface area contributed by atoms with Crippen molar-refractivity contribution in [2.75, 3.05) is 12.8 Å². The van der Waals surface area contributed by atoms with Gasteiger partial charge in [-0.3, -0.25) is 0 Å². The highest BCUT2D eigenvalue weighted by Gasteiger charge is 2.17. The average molecular weight is 301 g/mol. The molecule has 0 spiro atoms. The molecule has 22 heavy (non-hydrogen) atoms. The van der Waals surface area contributed by atoms with Gasteiger partial charge in [-0.1, -0.05) is 26.0 Å². The third-order valence-electron chi connectivity index (χ3n) is 3.42. The molecule has 4 N–H and O–H groups in total. The topological polar surface area (TPSA) is 87.7 Å². The van der Waals surface area contributed by atoms with Crippen molar-refractivity contribution in [2.24, 2.45) is 5.92 Å². The second-order valence-electron chi connectivity index (χ2n) is 5.34. The molecule has 0 amide bonds. The van der Waals surface area contributed by atoms with Gasteiger partial charge in [0.2, 0.25) is 5.95 Å². The van der Waals surface area contributed by atoms with E-state index in [0.717, 1.165) is 17.5 Å². The van der Waals surface area contributed by atoms with Crippen LogP contribution in [-0.4, -0.2) is 22.7 Å². The molecule has 1 aromatic heterocycles. The van der Waals surface area contributed by atoms with E-state index in [1.807, 2.05) is 27.0 Å². The van der Waals surface area contributed by atoms with Gasteiger partial charge in [-0.25, -0.2) is 14.4 Å². The van der Waals surface area contributed by atoms with E-state index in [1.54, 1.807) is 12.2 Å². The zero-order chi connectivity index (χ0) is 16.3. The Morgan fingerprint density at radius 3 is 2.82 bits per heavy atom. The molecule has 116 valence electrons. The number of rotatable bonds is 3. The Kier molecular flexibility index (Phi) is 4.70. The molecule has 2 rings (SSSR count). The summed E-state index contributed by atoms with van der Waals surface area (Å²) in [4.78, 5) is 7.63. The van der Waals surface area contributed by atoms with E-state index in [4.69, 9.17) is 11.1 Å². The molecular formula is C16H20FN5. The highest BCUT2D eigenvalue weighted by Crippen LogP contribution is 2.26. The standard InChI is InChI=1S/C16H20FN5/c1-9(2)14(20-3)11-7-10(5-4-6-13(11)18)15-12(17)8-21-16(19)22-15/h4-5,7-9,18,20H,6H2,1-3H3,(H2,19,21,22)/b14-11-,18-13?. The van der Waals surface area contributed by atoms with Crippen LogP contribution >= 0.6 is 0 Å². The molecular weight excluding hydrogens is 281 g/mol. The predicted molar refractivity (Wildman–Crippen MR) is 86.8 cm³/mol. The number of aromatic nitrogens is 2. The van der Waals surface area contributed by atoms with Crippen molar-refractivity contribution in [1.82, 2.24) is 15.3 Å². The SMILES string of the molecule is CN/C(=C1/C=C(c2nc(N)ncc2F)C=CCC1=N)C(C)C. The maximum Gasteiger partial charge on any atom is 0.220 e. The van der Waals surface area contributed by atoms with Crippen LogP contribution in [0.3, 0.4) is 0 Å². The van der Waals surface area contributed by atoms with Crippen LogP contribution in [0.15, 0.2) is 35.7 Å². The maximum atomic E-state index is 14.0. The van der Waals surface area contributed by atoms with Crippen LogP contribution in [0.4, 0.5) is 10.3 Å². The van der Waals surface area contributed by atoms with E-state index < -0.39 is 5.82 Å². The van der Waals surface area contributed by atoms with Crippen LogP contribution in [-0.2, 0) is 0 Å². The second-order valence-corrected chi connectivity index (χ2v) is 5.34. The highest BCUT2D eigenvalue weighted by molar-refractivity contribution is 6.05. The van der Waals surface area contributed by atoms with Crippen molar-refractivity contribution >= 4 is 17.2 Å². The van der Waals surface area contributed by atoms with Crippen molar-refractivity contribution in [1.29, 1.82) is 5.41 Å². The van der Waals surface area contributed by atoms with Crippen LogP contribution in [0, 0.1) is 17.1 Å². The first kappa shape index (κ1) is 15.9. The fourth-order valence-electron chi connectivity index (χ4n) is 2.41. The number of hydrogen-bond acceptors (Lipinski definition) is 5. The Bertz CT molecular complexity index is 686. The van der Waals surface area contributed by atoms with Crippen LogP contribution < -0.4 is 11.1 Å². The molecule has 6 heteroatoms. The summed E-state index contributed by atoms with van der Waals surface area (Å²) in [6.07, 6.45) is 6.91. The molecule has 0 saturated carbocycles. The molecule has 1 heterocycles. The summed E-state index contributed by atoms with van der Waals surface area (Å²) in [5.41, 5.74) is 8.47. The predicted octanol–water partition coefficient (Wildman–Crippen LogP) is 2.69. The summed E-state index contributed by atoms with van der Waals surface area (Å²) < 4.78 is 14.0. The molecule has 0 atom stereocenters. The lowest BCUT2D eigenvalue weighted by atomic mass is 9.98. The number of nitrogens with zero attached hydrogens (tertiary/aromatic N) is 2. The first-order valence-electron chi connectivity index (χ1n) is 7.10. The number of anilines is 1. The number of nitrogen functional groups attached to an aromatic ring is 1. The van der Waals surface area contributed by atoms with Gasteiger partial charge in [0.25, 0.3) is 0 Å². The summed E-state index contributed by atoms with van der Waals surface area (Å²) in [6.45, 7) is 4.09. The quantitative estimate of drug-likeness (QED) is 0.801. The minimum Gasteiger partial charge on any atom is -0.391 e. The second kappa shape index (κ2) is 6.51. The molecule has 0 unspecified atom stereocenters. The van der Waals surface area contributed by atoms with E-state index in [9.17, 15) is 4.39 Å². The Labute approximate surface area is 129 Å². The van der Waals surface area contributed by atoms with Crippen LogP contribution in [0.1, 0.15) is 26.0 Å². The number of nitrogens with two attached hydrogens (primary N) is 1. The fourth-order valence-corrected chi connectivity index (χ4v) is 2.41. The van der Waals surface area contributed by atoms with Gasteiger partial charge in [-0.05, 0) is 12.0 Å². The molecule has 0 fully saturated rings. The molecule has 0 aliphatic heterocycles. The van der Waals surface area contributed by atoms with Gasteiger partial charge in [-0.2, -0.15) is 0 Å². The van der Waals surface area contributed by atoms with Gasteiger partial charge in [0.1, 0.15) is 5.69 Å². The summed E-state index contributed by atoms with van der Waals surface area (Å²) in [7, 11) is 1.82. The average Bonchev–Trinajstić information content (AvgIpc) is 2.65. The largest absolute Gasteiger partial charge is 0.391 e. The molecule has 1 aliphatic carbocycles. The van der Waals surface area contributed by atoms with Crippen molar-refractivity contribution in [3.8, 4) is 0 Å². The van der Waals surface area contributed by atoms with Crippen molar-refractivity contribution in [3.05, 3.63) is 47.2 Å². The minimum atomic E-state index is -0.534. The van der Waals surface area contributed by atoms with Crippen molar-refractivity contribution < 1.29 is 4.39 Å². The molecule has 0 saturated heterocycles. The monoisotopic (exact) mass is 301 g/mol. The van der Waals surface area contributed by atoms with E-state index in [2.05, 4.69) is 15.3 Å². The van der Waals surface area contributed by atoms with E-state index in [-0.39, 0.29) is 17.6 Å². The summed E-state index contributed by atoms with van der Waals surface area (Å²) in [5.74, 6) is -0.294. The molecule has 0 aromatic carbocycles. The van der Waals surface area contributed by atoms with Gasteiger partial charge in [0.05, 0.1) is 6.20 Å². The van der Waals surface area contributed by atoms with Gasteiger partial charge in [0.15, 0.2) is 5.82 Å². The molecule has 0 bridgehead atoms. The number of halogens is 1. The third-order valence-corrected chi connectivity index (χ3v) is 3.42. The Balaban J connectivity index is 2.63. The van der Waals surface area contributed by atoms with E-state index in [0.29, 0.717) is 17.7 Å². The number of allylic oxidation sites excluding steroid dienone is 6. The molecule has 0 radical (unpaired) electrons. The lowest BCUT2D eigenvalue weighted by molar-refractivity contribution is 0.610. The summed E-state index contributed by atoms with van der Waals surface area (Å²) in [6, 6.07) is 0. The lowest BCUT2D eigenvalue weighted by Gasteiger charge is -2.16. The van der Waals surface area contributed by atoms with Gasteiger partial charge in [-0.15, -0.1) is 0 Å². The molecule has 5 nitrogen and oxygen atoms in total. The maximum absolute atomic E-state index is 14.0. The van der Waals surface area contributed by atoms with Gasteiger partial charge < -0.3 is 16.5 Å². The first-order valence-corrected chi connectivity index (χ1v) is 7.10. The first-order chi connectivity index (χ1) is 10.4. The third kappa shape index (κ3) is 3.21.